The number of rotatable bonds is 5. The van der Waals surface area contributed by atoms with Crippen LogP contribution in [0.4, 0.5) is 0 Å². The number of benzene rings is 1. The van der Waals surface area contributed by atoms with Crippen molar-refractivity contribution in [1.82, 2.24) is 0 Å². The van der Waals surface area contributed by atoms with Gasteiger partial charge in [-0.2, -0.15) is 0 Å². The molecule has 1 aromatic rings. The van der Waals surface area contributed by atoms with Crippen molar-refractivity contribution < 1.29 is 20.1 Å². The molecule has 1 aromatic carbocycles. The number of aliphatic hydroxyl groups excluding tert-OH is 3. The lowest BCUT2D eigenvalue weighted by Gasteiger charge is -2.27. The molecule has 0 radical (unpaired) electrons. The Bertz CT molecular complexity index is 282. The third-order valence-corrected chi connectivity index (χ3v) is 2.61. The molecule has 0 aliphatic rings. The van der Waals surface area contributed by atoms with Gasteiger partial charge in [-0.25, -0.2) is 0 Å². The lowest BCUT2D eigenvalue weighted by Crippen LogP contribution is -2.38. The topological polar surface area (TPSA) is 69.9 Å². The van der Waals surface area contributed by atoms with Crippen molar-refractivity contribution >= 4 is 0 Å². The number of hydrogen-bond acceptors (Lipinski definition) is 4. The number of hydrogen-bond donors (Lipinski definition) is 3. The summed E-state index contributed by atoms with van der Waals surface area (Å²) in [7, 11) is 1.56. The Kier molecular flexibility index (Phi) is 4.08. The first-order chi connectivity index (χ1) is 7.22. The van der Waals surface area contributed by atoms with E-state index in [1.807, 2.05) is 0 Å². The molecule has 15 heavy (non-hydrogen) atoms. The van der Waals surface area contributed by atoms with E-state index in [1.165, 1.54) is 0 Å². The molecule has 0 saturated heterocycles. The van der Waals surface area contributed by atoms with Gasteiger partial charge in [0, 0.05) is 0 Å². The van der Waals surface area contributed by atoms with Crippen molar-refractivity contribution in [3.63, 3.8) is 0 Å². The van der Waals surface area contributed by atoms with Gasteiger partial charge in [-0.1, -0.05) is 12.1 Å². The van der Waals surface area contributed by atoms with Gasteiger partial charge in [0.15, 0.2) is 0 Å². The minimum atomic E-state index is -0.980. The molecule has 1 rings (SSSR count). The van der Waals surface area contributed by atoms with E-state index in [-0.39, 0.29) is 19.8 Å². The highest BCUT2D eigenvalue weighted by molar-refractivity contribution is 5.32. The first-order valence-electron chi connectivity index (χ1n) is 4.69. The third-order valence-electron chi connectivity index (χ3n) is 2.61. The van der Waals surface area contributed by atoms with Gasteiger partial charge in [0.2, 0.25) is 0 Å². The van der Waals surface area contributed by atoms with Crippen LogP contribution in [0.2, 0.25) is 0 Å². The minimum Gasteiger partial charge on any atom is -0.497 e. The zero-order valence-corrected chi connectivity index (χ0v) is 8.68. The summed E-state index contributed by atoms with van der Waals surface area (Å²) >= 11 is 0. The Morgan fingerprint density at radius 1 is 1.00 bits per heavy atom. The standard InChI is InChI=1S/C11H16O4/c1-15-10-4-2-9(3-5-10)11(6-12,7-13)8-14/h2-5,12-14H,6-8H2,1H3. The number of aliphatic hydroxyl groups is 3. The fourth-order valence-electron chi connectivity index (χ4n) is 1.37. The molecule has 84 valence electrons. The predicted octanol–water partition coefficient (Wildman–Crippen LogP) is -0.0901. The summed E-state index contributed by atoms with van der Waals surface area (Å²) in [4.78, 5) is 0. The van der Waals surface area contributed by atoms with Crippen molar-refractivity contribution in [2.24, 2.45) is 0 Å². The van der Waals surface area contributed by atoms with E-state index in [0.717, 1.165) is 0 Å². The summed E-state index contributed by atoms with van der Waals surface area (Å²) in [5.41, 5.74) is -0.289. The van der Waals surface area contributed by atoms with Gasteiger partial charge in [0.25, 0.3) is 0 Å². The quantitative estimate of drug-likeness (QED) is 0.638. The van der Waals surface area contributed by atoms with Gasteiger partial charge in [0.05, 0.1) is 32.3 Å². The highest BCUT2D eigenvalue weighted by atomic mass is 16.5. The Balaban J connectivity index is 3.01. The van der Waals surface area contributed by atoms with Crippen molar-refractivity contribution in [2.75, 3.05) is 26.9 Å². The molecule has 0 atom stereocenters. The summed E-state index contributed by atoms with van der Waals surface area (Å²) in [6, 6.07) is 6.90. The first kappa shape index (κ1) is 12.0. The van der Waals surface area contributed by atoms with E-state index < -0.39 is 5.41 Å². The summed E-state index contributed by atoms with van der Waals surface area (Å²) < 4.78 is 5.00. The minimum absolute atomic E-state index is 0.299. The van der Waals surface area contributed by atoms with Crippen LogP contribution in [0.15, 0.2) is 24.3 Å². The Labute approximate surface area is 88.8 Å². The number of methoxy groups -OCH3 is 1. The molecule has 3 N–H and O–H groups in total. The zero-order chi connectivity index (χ0) is 11.3. The van der Waals surface area contributed by atoms with Gasteiger partial charge in [-0.05, 0) is 17.7 Å². The van der Waals surface area contributed by atoms with Crippen molar-refractivity contribution in [2.45, 2.75) is 5.41 Å². The maximum absolute atomic E-state index is 9.21. The molecule has 0 aliphatic heterocycles. The van der Waals surface area contributed by atoms with Crippen LogP contribution in [0.5, 0.6) is 5.75 Å². The Hall–Kier alpha value is -1.10. The predicted molar refractivity (Wildman–Crippen MR) is 55.9 cm³/mol. The van der Waals surface area contributed by atoms with E-state index >= 15 is 0 Å². The molecule has 0 heterocycles. The second-order valence-corrected chi connectivity index (χ2v) is 3.48. The van der Waals surface area contributed by atoms with Crippen LogP contribution in [0.1, 0.15) is 5.56 Å². The average Bonchev–Trinajstić information content (AvgIpc) is 2.33. The van der Waals surface area contributed by atoms with E-state index in [9.17, 15) is 15.3 Å². The molecule has 0 amide bonds. The first-order valence-corrected chi connectivity index (χ1v) is 4.69. The maximum Gasteiger partial charge on any atom is 0.118 e. The summed E-state index contributed by atoms with van der Waals surface area (Å²) in [5, 5.41) is 27.6. The summed E-state index contributed by atoms with van der Waals surface area (Å²) in [6.45, 7) is -0.898. The molecule has 0 unspecified atom stereocenters. The van der Waals surface area contributed by atoms with E-state index in [2.05, 4.69) is 0 Å². The summed E-state index contributed by atoms with van der Waals surface area (Å²) in [6.07, 6.45) is 0. The molecule has 4 heteroatoms. The zero-order valence-electron chi connectivity index (χ0n) is 8.68. The molecule has 0 spiro atoms. The Morgan fingerprint density at radius 2 is 1.47 bits per heavy atom. The largest absolute Gasteiger partial charge is 0.497 e. The fraction of sp³-hybridized carbons (Fsp3) is 0.455. The van der Waals surface area contributed by atoms with Crippen molar-refractivity contribution in [3.05, 3.63) is 29.8 Å². The van der Waals surface area contributed by atoms with E-state index in [1.54, 1.807) is 31.4 Å². The van der Waals surface area contributed by atoms with Gasteiger partial charge in [0.1, 0.15) is 5.75 Å². The third kappa shape index (κ3) is 2.28. The molecule has 0 aromatic heterocycles. The van der Waals surface area contributed by atoms with Crippen molar-refractivity contribution in [1.29, 1.82) is 0 Å². The van der Waals surface area contributed by atoms with E-state index in [4.69, 9.17) is 4.74 Å². The molecular weight excluding hydrogens is 196 g/mol. The Morgan fingerprint density at radius 3 is 1.80 bits per heavy atom. The highest BCUT2D eigenvalue weighted by Crippen LogP contribution is 2.24. The smallest absolute Gasteiger partial charge is 0.118 e. The van der Waals surface area contributed by atoms with Crippen LogP contribution >= 0.6 is 0 Å². The highest BCUT2D eigenvalue weighted by Gasteiger charge is 2.30. The average molecular weight is 212 g/mol. The van der Waals surface area contributed by atoms with Crippen LogP contribution in [0.25, 0.3) is 0 Å². The van der Waals surface area contributed by atoms with Gasteiger partial charge in [-0.15, -0.1) is 0 Å². The van der Waals surface area contributed by atoms with Gasteiger partial charge in [-0.3, -0.25) is 0 Å². The SMILES string of the molecule is COc1ccc(C(CO)(CO)CO)cc1. The summed E-state index contributed by atoms with van der Waals surface area (Å²) in [5.74, 6) is 0.696. The van der Waals surface area contributed by atoms with Crippen LogP contribution in [-0.2, 0) is 5.41 Å². The fourth-order valence-corrected chi connectivity index (χ4v) is 1.37. The van der Waals surface area contributed by atoms with Crippen LogP contribution < -0.4 is 4.74 Å². The lowest BCUT2D eigenvalue weighted by atomic mass is 9.83. The van der Waals surface area contributed by atoms with Gasteiger partial charge < -0.3 is 20.1 Å². The molecule has 4 nitrogen and oxygen atoms in total. The van der Waals surface area contributed by atoms with Gasteiger partial charge >= 0.3 is 0 Å². The second-order valence-electron chi connectivity index (χ2n) is 3.48. The molecule has 0 aliphatic carbocycles. The molecule has 0 fully saturated rings. The van der Waals surface area contributed by atoms with E-state index in [0.29, 0.717) is 11.3 Å². The normalized spacial score (nSPS) is 11.5. The maximum atomic E-state index is 9.21. The second kappa shape index (κ2) is 5.11. The number of ether oxygens (including phenoxy) is 1. The van der Waals surface area contributed by atoms with Crippen molar-refractivity contribution in [3.8, 4) is 5.75 Å². The van der Waals surface area contributed by atoms with Crippen LogP contribution in [0.3, 0.4) is 0 Å². The van der Waals surface area contributed by atoms with Crippen LogP contribution in [-0.4, -0.2) is 42.3 Å². The molecular formula is C11H16O4. The lowest BCUT2D eigenvalue weighted by molar-refractivity contribution is 0.0641. The molecule has 0 saturated carbocycles. The van der Waals surface area contributed by atoms with Crippen LogP contribution in [0, 0.1) is 0 Å². The monoisotopic (exact) mass is 212 g/mol. The molecule has 0 bridgehead atoms.